The second-order valence-electron chi connectivity index (χ2n) is 4.35. The van der Waals surface area contributed by atoms with Crippen LogP contribution in [0.4, 0.5) is 5.13 Å². The normalized spacial score (nSPS) is 20.1. The van der Waals surface area contributed by atoms with Crippen LogP contribution in [-0.4, -0.2) is 32.7 Å². The first-order valence-corrected chi connectivity index (χ1v) is 6.35. The highest BCUT2D eigenvalue weighted by molar-refractivity contribution is 7.15. The number of nitrogens with zero attached hydrogens (tertiary/aromatic N) is 2. The predicted molar refractivity (Wildman–Crippen MR) is 66.0 cm³/mol. The maximum Gasteiger partial charge on any atom is 0.185 e. The monoisotopic (exact) mass is 225 g/mol. The number of nitrogens with one attached hydrogen (secondary N) is 1. The molecule has 1 aliphatic rings. The summed E-state index contributed by atoms with van der Waals surface area (Å²) in [7, 11) is 6.15. The van der Waals surface area contributed by atoms with Crippen molar-refractivity contribution in [3.63, 3.8) is 0 Å². The highest BCUT2D eigenvalue weighted by atomic mass is 32.1. The molecule has 1 N–H and O–H groups in total. The molecule has 3 nitrogen and oxygen atoms in total. The number of anilines is 1. The van der Waals surface area contributed by atoms with Crippen LogP contribution in [0.3, 0.4) is 0 Å². The number of hydrogen-bond acceptors (Lipinski definition) is 4. The molecule has 84 valence electrons. The van der Waals surface area contributed by atoms with E-state index in [1.165, 1.54) is 29.8 Å². The summed E-state index contributed by atoms with van der Waals surface area (Å²) in [6.45, 7) is 1.06. The Hall–Kier alpha value is -0.610. The van der Waals surface area contributed by atoms with Gasteiger partial charge in [0.2, 0.25) is 0 Å². The third kappa shape index (κ3) is 2.16. The van der Waals surface area contributed by atoms with Gasteiger partial charge in [-0.05, 0) is 26.3 Å². The van der Waals surface area contributed by atoms with Crippen molar-refractivity contribution >= 4 is 16.5 Å². The van der Waals surface area contributed by atoms with Gasteiger partial charge in [-0.3, -0.25) is 0 Å². The molecule has 1 atom stereocenters. The SMILES string of the molecule is CNCC1CCCc2sc(N(C)C)nc21. The lowest BCUT2D eigenvalue weighted by molar-refractivity contribution is 0.522. The fourth-order valence-corrected chi connectivity index (χ4v) is 3.24. The zero-order valence-electron chi connectivity index (χ0n) is 9.71. The summed E-state index contributed by atoms with van der Waals surface area (Å²) in [5.74, 6) is 0.628. The predicted octanol–water partition coefficient (Wildman–Crippen LogP) is 1.85. The molecule has 0 radical (unpaired) electrons. The second-order valence-corrected chi connectivity index (χ2v) is 5.41. The quantitative estimate of drug-likeness (QED) is 0.851. The highest BCUT2D eigenvalue weighted by Crippen LogP contribution is 2.36. The molecule has 4 heteroatoms. The summed E-state index contributed by atoms with van der Waals surface area (Å²) in [4.78, 5) is 8.37. The minimum Gasteiger partial charge on any atom is -0.354 e. The zero-order valence-corrected chi connectivity index (χ0v) is 10.5. The van der Waals surface area contributed by atoms with E-state index in [1.807, 2.05) is 18.4 Å². The number of rotatable bonds is 3. The Morgan fingerprint density at radius 1 is 1.53 bits per heavy atom. The molecule has 0 aromatic carbocycles. The molecular weight excluding hydrogens is 206 g/mol. The number of fused-ring (bicyclic) bond motifs is 1. The molecule has 1 aromatic rings. The Morgan fingerprint density at radius 3 is 3.00 bits per heavy atom. The summed E-state index contributed by atoms with van der Waals surface area (Å²) in [6.07, 6.45) is 3.82. The van der Waals surface area contributed by atoms with Crippen molar-refractivity contribution in [3.05, 3.63) is 10.6 Å². The minimum absolute atomic E-state index is 0.628. The highest BCUT2D eigenvalue weighted by Gasteiger charge is 2.24. The molecule has 15 heavy (non-hydrogen) atoms. The molecule has 1 aliphatic carbocycles. The second kappa shape index (κ2) is 4.49. The van der Waals surface area contributed by atoms with Crippen LogP contribution in [0, 0.1) is 0 Å². The van der Waals surface area contributed by atoms with Crippen molar-refractivity contribution in [2.24, 2.45) is 0 Å². The minimum atomic E-state index is 0.628. The maximum atomic E-state index is 4.75. The van der Waals surface area contributed by atoms with E-state index in [4.69, 9.17) is 4.98 Å². The van der Waals surface area contributed by atoms with Gasteiger partial charge in [0.1, 0.15) is 0 Å². The smallest absolute Gasteiger partial charge is 0.185 e. The third-order valence-electron chi connectivity index (χ3n) is 2.89. The van der Waals surface area contributed by atoms with E-state index in [2.05, 4.69) is 24.3 Å². The van der Waals surface area contributed by atoms with Crippen LogP contribution < -0.4 is 10.2 Å². The van der Waals surface area contributed by atoms with Crippen molar-refractivity contribution in [2.75, 3.05) is 32.6 Å². The fraction of sp³-hybridized carbons (Fsp3) is 0.727. The average molecular weight is 225 g/mol. The topological polar surface area (TPSA) is 28.2 Å². The van der Waals surface area contributed by atoms with Gasteiger partial charge in [-0.25, -0.2) is 4.98 Å². The number of aromatic nitrogens is 1. The van der Waals surface area contributed by atoms with Gasteiger partial charge in [-0.1, -0.05) is 0 Å². The van der Waals surface area contributed by atoms with E-state index < -0.39 is 0 Å². The van der Waals surface area contributed by atoms with Gasteiger partial charge in [0.15, 0.2) is 5.13 Å². The van der Waals surface area contributed by atoms with Crippen molar-refractivity contribution in [3.8, 4) is 0 Å². The molecule has 2 rings (SSSR count). The molecular formula is C11H19N3S. The van der Waals surface area contributed by atoms with Gasteiger partial charge in [-0.15, -0.1) is 11.3 Å². The first kappa shape index (κ1) is 10.9. The Bertz CT molecular complexity index is 333. The fourth-order valence-electron chi connectivity index (χ4n) is 2.13. The molecule has 1 unspecified atom stereocenters. The van der Waals surface area contributed by atoms with Gasteiger partial charge in [0, 0.05) is 31.4 Å². The van der Waals surface area contributed by atoms with E-state index in [0.29, 0.717) is 5.92 Å². The van der Waals surface area contributed by atoms with Gasteiger partial charge in [0.05, 0.1) is 5.69 Å². The van der Waals surface area contributed by atoms with Gasteiger partial charge < -0.3 is 10.2 Å². The lowest BCUT2D eigenvalue weighted by Gasteiger charge is -2.20. The van der Waals surface area contributed by atoms with E-state index in [-0.39, 0.29) is 0 Å². The van der Waals surface area contributed by atoms with Crippen LogP contribution in [0.1, 0.15) is 29.3 Å². The van der Waals surface area contributed by atoms with Crippen LogP contribution in [0.2, 0.25) is 0 Å². The molecule has 0 saturated carbocycles. The lowest BCUT2D eigenvalue weighted by atomic mass is 9.91. The summed E-state index contributed by atoms with van der Waals surface area (Å²) in [5, 5.41) is 4.42. The van der Waals surface area contributed by atoms with Gasteiger partial charge in [0.25, 0.3) is 0 Å². The first-order valence-electron chi connectivity index (χ1n) is 5.54. The Balaban J connectivity index is 2.26. The van der Waals surface area contributed by atoms with Crippen molar-refractivity contribution in [2.45, 2.75) is 25.2 Å². The molecule has 0 amide bonds. The Morgan fingerprint density at radius 2 is 2.33 bits per heavy atom. The van der Waals surface area contributed by atoms with Gasteiger partial charge >= 0.3 is 0 Å². The number of hydrogen-bond donors (Lipinski definition) is 1. The molecule has 0 fully saturated rings. The number of aryl methyl sites for hydroxylation is 1. The van der Waals surface area contributed by atoms with Crippen LogP contribution in [0.25, 0.3) is 0 Å². The average Bonchev–Trinajstić information content (AvgIpc) is 2.63. The van der Waals surface area contributed by atoms with E-state index >= 15 is 0 Å². The molecule has 1 aromatic heterocycles. The molecule has 0 saturated heterocycles. The number of thiazole rings is 1. The van der Waals surface area contributed by atoms with E-state index in [0.717, 1.165) is 11.7 Å². The molecule has 0 aliphatic heterocycles. The summed E-state index contributed by atoms with van der Waals surface area (Å²) in [6, 6.07) is 0. The zero-order chi connectivity index (χ0) is 10.8. The summed E-state index contributed by atoms with van der Waals surface area (Å²) < 4.78 is 0. The van der Waals surface area contributed by atoms with Crippen LogP contribution >= 0.6 is 11.3 Å². The Labute approximate surface area is 95.5 Å². The van der Waals surface area contributed by atoms with Crippen molar-refractivity contribution in [1.29, 1.82) is 0 Å². The van der Waals surface area contributed by atoms with E-state index in [9.17, 15) is 0 Å². The van der Waals surface area contributed by atoms with Crippen LogP contribution in [0.5, 0.6) is 0 Å². The standard InChI is InChI=1S/C11H19N3S/c1-12-7-8-5-4-6-9-10(8)13-11(15-9)14(2)3/h8,12H,4-7H2,1-3H3. The Kier molecular flexibility index (Phi) is 3.26. The van der Waals surface area contributed by atoms with Crippen molar-refractivity contribution in [1.82, 2.24) is 10.3 Å². The van der Waals surface area contributed by atoms with E-state index in [1.54, 1.807) is 0 Å². The molecule has 0 bridgehead atoms. The number of likely N-dealkylation sites (N-methyl/N-ethyl adjacent to an activating group) is 1. The summed E-state index contributed by atoms with van der Waals surface area (Å²) >= 11 is 1.86. The van der Waals surface area contributed by atoms with Gasteiger partial charge in [-0.2, -0.15) is 0 Å². The third-order valence-corrected chi connectivity index (χ3v) is 4.19. The van der Waals surface area contributed by atoms with Crippen molar-refractivity contribution < 1.29 is 0 Å². The van der Waals surface area contributed by atoms with Crippen LogP contribution in [0.15, 0.2) is 0 Å². The molecule has 1 heterocycles. The van der Waals surface area contributed by atoms with Crippen LogP contribution in [-0.2, 0) is 6.42 Å². The summed E-state index contributed by atoms with van der Waals surface area (Å²) in [5.41, 5.74) is 1.35. The lowest BCUT2D eigenvalue weighted by Crippen LogP contribution is -2.21. The largest absolute Gasteiger partial charge is 0.354 e. The first-order chi connectivity index (χ1) is 7.22. The maximum absolute atomic E-state index is 4.75. The molecule has 0 spiro atoms.